The van der Waals surface area contributed by atoms with Gasteiger partial charge in [0.05, 0.1) is 14.2 Å². The first-order valence-corrected chi connectivity index (χ1v) is 13.9. The Kier molecular flexibility index (Phi) is 12.4. The van der Waals surface area contributed by atoms with E-state index in [2.05, 4.69) is 60.0 Å². The van der Waals surface area contributed by atoms with Gasteiger partial charge >= 0.3 is 0 Å². The molecule has 2 N–H and O–H groups in total. The fourth-order valence-electron chi connectivity index (χ4n) is 4.75. The number of benzene rings is 3. The first-order chi connectivity index (χ1) is 19.0. The number of methoxy groups -OCH3 is 2. The highest BCUT2D eigenvalue weighted by Gasteiger charge is 2.15. The third-order valence-electron chi connectivity index (χ3n) is 6.84. The Balaban J connectivity index is 1.40. The number of nitrogens with one attached hydrogen (secondary N) is 2. The molecule has 0 aromatic heterocycles. The summed E-state index contributed by atoms with van der Waals surface area (Å²) in [4.78, 5) is 24.5. The van der Waals surface area contributed by atoms with Crippen LogP contribution >= 0.6 is 0 Å². The van der Waals surface area contributed by atoms with Crippen molar-refractivity contribution < 1.29 is 19.1 Å². The maximum Gasteiger partial charge on any atom is 0.220 e. The molecule has 0 spiro atoms. The Labute approximate surface area is 233 Å². The topological polar surface area (TPSA) is 76.7 Å². The van der Waals surface area contributed by atoms with Crippen LogP contribution in [0.3, 0.4) is 0 Å². The van der Waals surface area contributed by atoms with Crippen molar-refractivity contribution in [3.8, 4) is 11.5 Å². The monoisotopic (exact) mass is 530 g/mol. The number of rotatable bonds is 16. The molecular formula is C33H42N2O4. The molecule has 39 heavy (non-hydrogen) atoms. The normalized spacial score (nSPS) is 10.6. The van der Waals surface area contributed by atoms with Crippen LogP contribution in [0.15, 0.2) is 66.7 Å². The first kappa shape index (κ1) is 29.8. The van der Waals surface area contributed by atoms with Crippen molar-refractivity contribution in [1.29, 1.82) is 0 Å². The van der Waals surface area contributed by atoms with Crippen LogP contribution in [-0.2, 0) is 35.3 Å². The van der Waals surface area contributed by atoms with Crippen molar-refractivity contribution in [2.45, 2.75) is 58.3 Å². The average Bonchev–Trinajstić information content (AvgIpc) is 2.94. The Morgan fingerprint density at radius 1 is 0.692 bits per heavy atom. The van der Waals surface area contributed by atoms with E-state index in [1.54, 1.807) is 14.2 Å². The lowest BCUT2D eigenvalue weighted by Crippen LogP contribution is -2.26. The maximum atomic E-state index is 12.4. The third kappa shape index (κ3) is 10.1. The van der Waals surface area contributed by atoms with Crippen molar-refractivity contribution in [1.82, 2.24) is 10.6 Å². The zero-order valence-electron chi connectivity index (χ0n) is 23.6. The zero-order valence-corrected chi connectivity index (χ0v) is 23.6. The fraction of sp³-hybridized carbons (Fsp3) is 0.394. The molecule has 2 amide bonds. The molecule has 208 valence electrons. The summed E-state index contributed by atoms with van der Waals surface area (Å²) >= 11 is 0. The molecule has 3 rings (SSSR count). The molecule has 0 fully saturated rings. The van der Waals surface area contributed by atoms with Crippen LogP contribution in [0.2, 0.25) is 0 Å². The van der Waals surface area contributed by atoms with Gasteiger partial charge in [0, 0.05) is 31.5 Å². The standard InChI is InChI=1S/C33H42N2O4/c1-25-10-9-13-27(24-25)16-18-29-28(17-19-30(38-2)33(29)39-3)21-23-35-32(37)15-8-7-14-31(36)34-22-20-26-11-5-4-6-12-26/h4-6,9-13,17,19,24H,7-8,14-16,18,20-23H2,1-3H3,(H,34,36)(H,35,37). The molecule has 0 heterocycles. The largest absolute Gasteiger partial charge is 0.493 e. The second-order valence-electron chi connectivity index (χ2n) is 9.82. The van der Waals surface area contributed by atoms with Gasteiger partial charge < -0.3 is 20.1 Å². The summed E-state index contributed by atoms with van der Waals surface area (Å²) < 4.78 is 11.3. The lowest BCUT2D eigenvalue weighted by molar-refractivity contribution is -0.123. The summed E-state index contributed by atoms with van der Waals surface area (Å²) in [6, 6.07) is 22.6. The Morgan fingerprint density at radius 3 is 2.00 bits per heavy atom. The van der Waals surface area contributed by atoms with Crippen molar-refractivity contribution in [3.05, 3.63) is 94.5 Å². The van der Waals surface area contributed by atoms with E-state index in [1.165, 1.54) is 16.7 Å². The van der Waals surface area contributed by atoms with E-state index in [1.807, 2.05) is 24.3 Å². The predicted octanol–water partition coefficient (Wildman–Crippen LogP) is 5.38. The van der Waals surface area contributed by atoms with Gasteiger partial charge in [0.25, 0.3) is 0 Å². The van der Waals surface area contributed by atoms with Gasteiger partial charge in [-0.25, -0.2) is 0 Å². The number of carbonyl (C=O) groups excluding carboxylic acids is 2. The second kappa shape index (κ2) is 16.2. The van der Waals surface area contributed by atoms with Crippen LogP contribution in [0.1, 0.15) is 53.5 Å². The molecule has 0 atom stereocenters. The van der Waals surface area contributed by atoms with Gasteiger partial charge in [-0.2, -0.15) is 0 Å². The zero-order chi connectivity index (χ0) is 27.9. The summed E-state index contributed by atoms with van der Waals surface area (Å²) in [5.41, 5.74) is 6.00. The van der Waals surface area contributed by atoms with Gasteiger partial charge in [0.15, 0.2) is 11.5 Å². The molecule has 3 aromatic carbocycles. The summed E-state index contributed by atoms with van der Waals surface area (Å²) in [6.07, 6.45) is 5.49. The van der Waals surface area contributed by atoms with E-state index in [0.717, 1.165) is 36.1 Å². The highest BCUT2D eigenvalue weighted by Crippen LogP contribution is 2.34. The molecule has 0 aliphatic rings. The van der Waals surface area contributed by atoms with Crippen LogP contribution in [0, 0.1) is 6.92 Å². The van der Waals surface area contributed by atoms with Crippen LogP contribution in [0.4, 0.5) is 0 Å². The number of aryl methyl sites for hydroxylation is 2. The van der Waals surface area contributed by atoms with E-state index in [4.69, 9.17) is 9.47 Å². The number of amides is 2. The number of hydrogen-bond donors (Lipinski definition) is 2. The molecule has 0 saturated heterocycles. The van der Waals surface area contributed by atoms with E-state index < -0.39 is 0 Å². The molecular weight excluding hydrogens is 488 g/mol. The summed E-state index contributed by atoms with van der Waals surface area (Å²) in [5, 5.41) is 5.99. The molecule has 6 nitrogen and oxygen atoms in total. The van der Waals surface area contributed by atoms with Crippen molar-refractivity contribution in [3.63, 3.8) is 0 Å². The molecule has 6 heteroatoms. The molecule has 0 aliphatic carbocycles. The highest BCUT2D eigenvalue weighted by molar-refractivity contribution is 5.77. The molecule has 0 aliphatic heterocycles. The molecule has 0 saturated carbocycles. The summed E-state index contributed by atoms with van der Waals surface area (Å²) in [7, 11) is 3.32. The lowest BCUT2D eigenvalue weighted by atomic mass is 9.96. The third-order valence-corrected chi connectivity index (χ3v) is 6.84. The number of ether oxygens (including phenoxy) is 2. The van der Waals surface area contributed by atoms with Gasteiger partial charge in [-0.1, -0.05) is 66.2 Å². The van der Waals surface area contributed by atoms with Gasteiger partial charge in [-0.05, 0) is 68.2 Å². The molecule has 0 bridgehead atoms. The minimum atomic E-state index is 0.0151. The smallest absolute Gasteiger partial charge is 0.220 e. The first-order valence-electron chi connectivity index (χ1n) is 13.9. The summed E-state index contributed by atoms with van der Waals surface area (Å²) in [5.74, 6) is 1.53. The van der Waals surface area contributed by atoms with Crippen molar-refractivity contribution >= 4 is 11.8 Å². The van der Waals surface area contributed by atoms with Crippen molar-refractivity contribution in [2.75, 3.05) is 27.3 Å². The minimum Gasteiger partial charge on any atom is -0.493 e. The van der Waals surface area contributed by atoms with Crippen LogP contribution in [-0.4, -0.2) is 39.1 Å². The van der Waals surface area contributed by atoms with Crippen LogP contribution in [0.5, 0.6) is 11.5 Å². The van der Waals surface area contributed by atoms with Gasteiger partial charge in [-0.3, -0.25) is 9.59 Å². The quantitative estimate of drug-likeness (QED) is 0.244. The number of carbonyl (C=O) groups is 2. The second-order valence-corrected chi connectivity index (χ2v) is 9.82. The van der Waals surface area contributed by atoms with E-state index in [-0.39, 0.29) is 11.8 Å². The highest BCUT2D eigenvalue weighted by atomic mass is 16.5. The lowest BCUT2D eigenvalue weighted by Gasteiger charge is -2.17. The molecule has 0 radical (unpaired) electrons. The van der Waals surface area contributed by atoms with Gasteiger partial charge in [0.1, 0.15) is 0 Å². The fourth-order valence-corrected chi connectivity index (χ4v) is 4.75. The Morgan fingerprint density at radius 2 is 1.36 bits per heavy atom. The minimum absolute atomic E-state index is 0.0151. The van der Waals surface area contributed by atoms with Gasteiger partial charge in [-0.15, -0.1) is 0 Å². The van der Waals surface area contributed by atoms with E-state index >= 15 is 0 Å². The number of unbranched alkanes of at least 4 members (excludes halogenated alkanes) is 1. The van der Waals surface area contributed by atoms with E-state index in [9.17, 15) is 9.59 Å². The number of hydrogen-bond acceptors (Lipinski definition) is 4. The SMILES string of the molecule is COc1ccc(CCNC(=O)CCCCC(=O)NCCc2ccccc2)c(CCc2cccc(C)c2)c1OC. The Bertz CT molecular complexity index is 1190. The summed E-state index contributed by atoms with van der Waals surface area (Å²) in [6.45, 7) is 3.28. The van der Waals surface area contributed by atoms with Crippen LogP contribution < -0.4 is 20.1 Å². The van der Waals surface area contributed by atoms with Crippen LogP contribution in [0.25, 0.3) is 0 Å². The molecule has 3 aromatic rings. The average molecular weight is 531 g/mol. The molecule has 0 unspecified atom stereocenters. The Hall–Kier alpha value is -3.80. The predicted molar refractivity (Wildman–Crippen MR) is 156 cm³/mol. The van der Waals surface area contributed by atoms with Gasteiger partial charge in [0.2, 0.25) is 11.8 Å². The maximum absolute atomic E-state index is 12.4. The van der Waals surface area contributed by atoms with Crippen molar-refractivity contribution in [2.24, 2.45) is 0 Å². The van der Waals surface area contributed by atoms with E-state index in [0.29, 0.717) is 50.9 Å².